The predicted octanol–water partition coefficient (Wildman–Crippen LogP) is 3.70. The molecule has 2 aromatic heterocycles. The van der Waals surface area contributed by atoms with E-state index in [0.717, 1.165) is 31.4 Å². The van der Waals surface area contributed by atoms with Gasteiger partial charge in [0.15, 0.2) is 0 Å². The van der Waals surface area contributed by atoms with Gasteiger partial charge >= 0.3 is 0 Å². The van der Waals surface area contributed by atoms with E-state index >= 15 is 0 Å². The zero-order valence-electron chi connectivity index (χ0n) is 14.8. The van der Waals surface area contributed by atoms with E-state index in [1.807, 2.05) is 29.3 Å². The van der Waals surface area contributed by atoms with Crippen LogP contribution in [0.25, 0.3) is 10.9 Å². The smallest absolute Gasteiger partial charge is 0.278 e. The molecule has 0 bridgehead atoms. The van der Waals surface area contributed by atoms with Gasteiger partial charge in [0.05, 0.1) is 21.9 Å². The fourth-order valence-corrected chi connectivity index (χ4v) is 3.89. The molecule has 3 aromatic rings. The van der Waals surface area contributed by atoms with Crippen molar-refractivity contribution in [1.82, 2.24) is 14.5 Å². The number of piperidine rings is 1. The first-order valence-corrected chi connectivity index (χ1v) is 9.07. The van der Waals surface area contributed by atoms with Crippen molar-refractivity contribution in [3.63, 3.8) is 0 Å². The molecule has 1 fully saturated rings. The van der Waals surface area contributed by atoms with Crippen molar-refractivity contribution in [2.75, 3.05) is 6.54 Å². The summed E-state index contributed by atoms with van der Waals surface area (Å²) in [5.74, 6) is 0.0209. The summed E-state index contributed by atoms with van der Waals surface area (Å²) in [6.45, 7) is 0.888. The van der Waals surface area contributed by atoms with Crippen LogP contribution in [-0.2, 0) is 11.3 Å². The average Bonchev–Trinajstić information content (AvgIpc) is 3.11. The molecule has 1 aliphatic heterocycles. The number of hydrogen-bond donors (Lipinski definition) is 0. The standard InChI is InChI=1S/C20H20N4O3/c25-20(23-11-2-1-6-17(23)15-5-4-10-21-13-15)14-22-12-9-16-18(22)7-3-8-19(16)24(26)27/h3-5,7-10,12-13,17H,1-2,6,11,14H2. The Morgan fingerprint density at radius 3 is 2.89 bits per heavy atom. The van der Waals surface area contributed by atoms with Gasteiger partial charge in [-0.1, -0.05) is 12.1 Å². The molecule has 0 radical (unpaired) electrons. The highest BCUT2D eigenvalue weighted by Crippen LogP contribution is 2.31. The SMILES string of the molecule is O=C(Cn1ccc2c([N+](=O)[O-])cccc21)N1CCCCC1c1cccnc1. The second-order valence-electron chi connectivity index (χ2n) is 6.80. The fraction of sp³-hybridized carbons (Fsp3) is 0.300. The molecule has 0 saturated carbocycles. The molecular weight excluding hydrogens is 344 g/mol. The summed E-state index contributed by atoms with van der Waals surface area (Å²) >= 11 is 0. The first kappa shape index (κ1) is 17.2. The van der Waals surface area contributed by atoms with Gasteiger partial charge in [0.25, 0.3) is 5.69 Å². The highest BCUT2D eigenvalue weighted by molar-refractivity contribution is 5.90. The number of nitro benzene ring substituents is 1. The van der Waals surface area contributed by atoms with E-state index in [1.165, 1.54) is 6.07 Å². The molecule has 1 aromatic carbocycles. The maximum atomic E-state index is 13.1. The molecule has 1 atom stereocenters. The number of carbonyl (C=O) groups is 1. The molecule has 1 amide bonds. The third kappa shape index (κ3) is 3.28. The molecule has 1 unspecified atom stereocenters. The highest BCUT2D eigenvalue weighted by atomic mass is 16.6. The minimum absolute atomic E-state index is 0.0209. The van der Waals surface area contributed by atoms with Crippen molar-refractivity contribution in [3.05, 3.63) is 70.7 Å². The number of carbonyl (C=O) groups excluding carboxylic acids is 1. The summed E-state index contributed by atoms with van der Waals surface area (Å²) in [7, 11) is 0. The minimum atomic E-state index is -0.391. The lowest BCUT2D eigenvalue weighted by Gasteiger charge is -2.36. The van der Waals surface area contributed by atoms with E-state index in [2.05, 4.69) is 4.98 Å². The first-order chi connectivity index (χ1) is 13.1. The summed E-state index contributed by atoms with van der Waals surface area (Å²) in [5, 5.41) is 11.8. The number of amides is 1. The van der Waals surface area contributed by atoms with Gasteiger partial charge in [-0.15, -0.1) is 0 Å². The molecule has 3 heterocycles. The van der Waals surface area contributed by atoms with Crippen LogP contribution in [0.5, 0.6) is 0 Å². The zero-order chi connectivity index (χ0) is 18.8. The van der Waals surface area contributed by atoms with Crippen LogP contribution in [0.15, 0.2) is 55.0 Å². The summed E-state index contributed by atoms with van der Waals surface area (Å²) in [6, 6.07) is 10.6. The molecule has 4 rings (SSSR count). The van der Waals surface area contributed by atoms with Gasteiger partial charge in [0.2, 0.25) is 5.91 Å². The molecule has 0 N–H and O–H groups in total. The van der Waals surface area contributed by atoms with Crippen molar-refractivity contribution in [1.29, 1.82) is 0 Å². The summed E-state index contributed by atoms with van der Waals surface area (Å²) in [5.41, 5.74) is 1.82. The number of nitrogens with zero attached hydrogens (tertiary/aromatic N) is 4. The molecule has 1 aliphatic rings. The zero-order valence-corrected chi connectivity index (χ0v) is 14.8. The monoisotopic (exact) mass is 364 g/mol. The van der Waals surface area contributed by atoms with Gasteiger partial charge in [-0.25, -0.2) is 0 Å². The largest absolute Gasteiger partial charge is 0.338 e. The van der Waals surface area contributed by atoms with Gasteiger partial charge in [-0.2, -0.15) is 0 Å². The van der Waals surface area contributed by atoms with E-state index in [4.69, 9.17) is 0 Å². The lowest BCUT2D eigenvalue weighted by Crippen LogP contribution is -2.40. The number of benzene rings is 1. The minimum Gasteiger partial charge on any atom is -0.338 e. The molecule has 27 heavy (non-hydrogen) atoms. The number of fused-ring (bicyclic) bond motifs is 1. The van der Waals surface area contributed by atoms with Crippen molar-refractivity contribution in [2.24, 2.45) is 0 Å². The van der Waals surface area contributed by atoms with Crippen molar-refractivity contribution in [3.8, 4) is 0 Å². The van der Waals surface area contributed by atoms with E-state index in [9.17, 15) is 14.9 Å². The number of likely N-dealkylation sites (tertiary alicyclic amines) is 1. The molecule has 1 saturated heterocycles. The van der Waals surface area contributed by atoms with Crippen LogP contribution in [0.3, 0.4) is 0 Å². The quantitative estimate of drug-likeness (QED) is 0.522. The first-order valence-electron chi connectivity index (χ1n) is 9.07. The van der Waals surface area contributed by atoms with E-state index in [-0.39, 0.29) is 24.2 Å². The Morgan fingerprint density at radius 2 is 2.11 bits per heavy atom. The van der Waals surface area contributed by atoms with Crippen LogP contribution in [0.2, 0.25) is 0 Å². The highest BCUT2D eigenvalue weighted by Gasteiger charge is 2.28. The number of rotatable bonds is 4. The average molecular weight is 364 g/mol. The third-order valence-corrected chi connectivity index (χ3v) is 5.19. The number of non-ortho nitro benzene ring substituents is 1. The van der Waals surface area contributed by atoms with E-state index in [0.29, 0.717) is 10.9 Å². The number of aromatic nitrogens is 2. The Bertz CT molecular complexity index is 983. The molecule has 138 valence electrons. The van der Waals surface area contributed by atoms with Gasteiger partial charge in [-0.3, -0.25) is 19.9 Å². The fourth-order valence-electron chi connectivity index (χ4n) is 3.89. The van der Waals surface area contributed by atoms with E-state index in [1.54, 1.807) is 29.1 Å². The van der Waals surface area contributed by atoms with Crippen LogP contribution in [0, 0.1) is 10.1 Å². The second-order valence-corrected chi connectivity index (χ2v) is 6.80. The maximum Gasteiger partial charge on any atom is 0.278 e. The number of nitro groups is 1. The van der Waals surface area contributed by atoms with Gasteiger partial charge in [-0.05, 0) is 43.0 Å². The van der Waals surface area contributed by atoms with Crippen LogP contribution >= 0.6 is 0 Å². The van der Waals surface area contributed by atoms with Crippen LogP contribution in [-0.4, -0.2) is 31.8 Å². The Balaban J connectivity index is 1.61. The Labute approximate surface area is 156 Å². The Hall–Kier alpha value is -3.22. The molecule has 7 heteroatoms. The van der Waals surface area contributed by atoms with Crippen molar-refractivity contribution in [2.45, 2.75) is 31.8 Å². The lowest BCUT2D eigenvalue weighted by atomic mass is 9.96. The van der Waals surface area contributed by atoms with Gasteiger partial charge in [0.1, 0.15) is 6.54 Å². The van der Waals surface area contributed by atoms with Crippen LogP contribution in [0.4, 0.5) is 5.69 Å². The van der Waals surface area contributed by atoms with Crippen LogP contribution < -0.4 is 0 Å². The predicted molar refractivity (Wildman–Crippen MR) is 101 cm³/mol. The van der Waals surface area contributed by atoms with E-state index < -0.39 is 4.92 Å². The molecule has 7 nitrogen and oxygen atoms in total. The summed E-state index contributed by atoms with van der Waals surface area (Å²) < 4.78 is 1.79. The number of hydrogen-bond acceptors (Lipinski definition) is 4. The van der Waals surface area contributed by atoms with Crippen molar-refractivity contribution >= 4 is 22.5 Å². The maximum absolute atomic E-state index is 13.1. The number of pyridine rings is 1. The summed E-state index contributed by atoms with van der Waals surface area (Å²) in [4.78, 5) is 30.0. The molecule has 0 aliphatic carbocycles. The van der Waals surface area contributed by atoms with Crippen LogP contribution in [0.1, 0.15) is 30.9 Å². The normalized spacial score (nSPS) is 17.2. The molecular formula is C20H20N4O3. The lowest BCUT2D eigenvalue weighted by molar-refractivity contribution is -0.383. The van der Waals surface area contributed by atoms with Gasteiger partial charge < -0.3 is 9.47 Å². The van der Waals surface area contributed by atoms with Gasteiger partial charge in [0, 0.05) is 31.2 Å². The molecule has 0 spiro atoms. The second kappa shape index (κ2) is 7.19. The third-order valence-electron chi connectivity index (χ3n) is 5.19. The Morgan fingerprint density at radius 1 is 1.22 bits per heavy atom. The summed E-state index contributed by atoms with van der Waals surface area (Å²) in [6.07, 6.45) is 8.30. The topological polar surface area (TPSA) is 81.3 Å². The Kier molecular flexibility index (Phi) is 4.58. The van der Waals surface area contributed by atoms with Crippen molar-refractivity contribution < 1.29 is 9.72 Å².